The lowest BCUT2D eigenvalue weighted by atomic mass is 9.82. The number of hydrogen-bond donors (Lipinski definition) is 2. The van der Waals surface area contributed by atoms with Crippen molar-refractivity contribution in [2.45, 2.75) is 45.1 Å². The Kier molecular flexibility index (Phi) is 5.04. The quantitative estimate of drug-likeness (QED) is 0.867. The average molecular weight is 325 g/mol. The highest BCUT2D eigenvalue weighted by atomic mass is 79.9. The van der Waals surface area contributed by atoms with Crippen LogP contribution in [0.3, 0.4) is 0 Å². The van der Waals surface area contributed by atoms with Gasteiger partial charge in [0.05, 0.1) is 0 Å². The summed E-state index contributed by atoms with van der Waals surface area (Å²) in [6.07, 6.45) is 2.63. The third-order valence-electron chi connectivity index (χ3n) is 4.05. The van der Waals surface area contributed by atoms with Crippen LogP contribution in [0.25, 0.3) is 0 Å². The molecule has 1 heterocycles. The van der Waals surface area contributed by atoms with E-state index in [9.17, 15) is 0 Å². The van der Waals surface area contributed by atoms with Crippen molar-refractivity contribution >= 4 is 15.9 Å². The third-order valence-corrected chi connectivity index (χ3v) is 4.54. The molecule has 1 atom stereocenters. The summed E-state index contributed by atoms with van der Waals surface area (Å²) in [7, 11) is 0. The Morgan fingerprint density at radius 3 is 2.89 bits per heavy atom. The lowest BCUT2D eigenvalue weighted by Crippen LogP contribution is -2.40. The molecule has 106 valence electrons. The molecule has 1 aliphatic heterocycles. The van der Waals surface area contributed by atoms with Gasteiger partial charge in [0.25, 0.3) is 0 Å². The number of rotatable bonds is 5. The van der Waals surface area contributed by atoms with E-state index in [2.05, 4.69) is 65.5 Å². The number of hydrogen-bond acceptors (Lipinski definition) is 2. The second-order valence-electron chi connectivity index (χ2n) is 6.27. The lowest BCUT2D eigenvalue weighted by molar-refractivity contribution is 0.440. The van der Waals surface area contributed by atoms with E-state index in [0.29, 0.717) is 6.04 Å². The van der Waals surface area contributed by atoms with Crippen LogP contribution in [0.5, 0.6) is 0 Å². The fourth-order valence-corrected chi connectivity index (χ4v) is 3.27. The number of nitrogens with one attached hydrogen (secondary N) is 2. The summed E-state index contributed by atoms with van der Waals surface area (Å²) in [6.45, 7) is 10.1. The van der Waals surface area contributed by atoms with Gasteiger partial charge in [0, 0.05) is 29.0 Å². The predicted octanol–water partition coefficient (Wildman–Crippen LogP) is 3.38. The van der Waals surface area contributed by atoms with E-state index in [4.69, 9.17) is 0 Å². The molecule has 1 saturated heterocycles. The molecule has 0 bridgehead atoms. The molecule has 3 heteroatoms. The maximum atomic E-state index is 3.63. The molecule has 2 nitrogen and oxygen atoms in total. The van der Waals surface area contributed by atoms with Crippen LogP contribution in [0.15, 0.2) is 22.7 Å². The van der Waals surface area contributed by atoms with Gasteiger partial charge in [-0.25, -0.2) is 0 Å². The van der Waals surface area contributed by atoms with E-state index in [0.717, 1.165) is 13.1 Å². The SMILES string of the molecule is Cc1ccc(Br)cc1C(C)(C)CNCC1CCCN1. The number of halogens is 1. The molecule has 1 unspecified atom stereocenters. The van der Waals surface area contributed by atoms with Crippen molar-refractivity contribution in [3.8, 4) is 0 Å². The Labute approximate surface area is 125 Å². The van der Waals surface area contributed by atoms with Gasteiger partial charge in [0.2, 0.25) is 0 Å². The van der Waals surface area contributed by atoms with Gasteiger partial charge in [-0.2, -0.15) is 0 Å². The van der Waals surface area contributed by atoms with Crippen molar-refractivity contribution < 1.29 is 0 Å². The Morgan fingerprint density at radius 1 is 1.42 bits per heavy atom. The fraction of sp³-hybridized carbons (Fsp3) is 0.625. The minimum atomic E-state index is 0.159. The second-order valence-corrected chi connectivity index (χ2v) is 7.18. The van der Waals surface area contributed by atoms with E-state index in [1.807, 2.05) is 0 Å². The summed E-state index contributed by atoms with van der Waals surface area (Å²) in [5.74, 6) is 0. The molecule has 1 fully saturated rings. The Morgan fingerprint density at radius 2 is 2.21 bits per heavy atom. The zero-order valence-corrected chi connectivity index (χ0v) is 13.8. The van der Waals surface area contributed by atoms with Crippen LogP contribution < -0.4 is 10.6 Å². The Balaban J connectivity index is 1.94. The van der Waals surface area contributed by atoms with Crippen molar-refractivity contribution in [1.82, 2.24) is 10.6 Å². The van der Waals surface area contributed by atoms with Gasteiger partial charge in [-0.3, -0.25) is 0 Å². The summed E-state index contributed by atoms with van der Waals surface area (Å²) in [4.78, 5) is 0. The van der Waals surface area contributed by atoms with Gasteiger partial charge in [0.15, 0.2) is 0 Å². The standard InChI is InChI=1S/C16H25BrN2/c1-12-6-7-13(17)9-15(12)16(2,3)11-18-10-14-5-4-8-19-14/h6-7,9,14,18-19H,4-5,8,10-11H2,1-3H3. The molecule has 1 aromatic rings. The predicted molar refractivity (Wildman–Crippen MR) is 85.8 cm³/mol. The van der Waals surface area contributed by atoms with E-state index in [1.165, 1.54) is 35.0 Å². The van der Waals surface area contributed by atoms with Crippen molar-refractivity contribution in [1.29, 1.82) is 0 Å². The van der Waals surface area contributed by atoms with Crippen molar-refractivity contribution in [3.63, 3.8) is 0 Å². The van der Waals surface area contributed by atoms with Crippen molar-refractivity contribution in [2.75, 3.05) is 19.6 Å². The van der Waals surface area contributed by atoms with Gasteiger partial charge in [-0.05, 0) is 49.6 Å². The van der Waals surface area contributed by atoms with E-state index < -0.39 is 0 Å². The summed E-state index contributed by atoms with van der Waals surface area (Å²) in [5, 5.41) is 7.17. The average Bonchev–Trinajstić information content (AvgIpc) is 2.85. The maximum Gasteiger partial charge on any atom is 0.0192 e. The monoisotopic (exact) mass is 324 g/mol. The zero-order chi connectivity index (χ0) is 13.9. The summed E-state index contributed by atoms with van der Waals surface area (Å²) in [5.41, 5.74) is 2.95. The van der Waals surface area contributed by atoms with Crippen LogP contribution in [0, 0.1) is 6.92 Å². The Hall–Kier alpha value is -0.380. The molecule has 0 aliphatic carbocycles. The molecule has 1 aliphatic rings. The first-order valence-corrected chi connectivity index (χ1v) is 7.99. The highest BCUT2D eigenvalue weighted by Gasteiger charge is 2.23. The fourth-order valence-electron chi connectivity index (χ4n) is 2.91. The molecule has 19 heavy (non-hydrogen) atoms. The van der Waals surface area contributed by atoms with E-state index in [1.54, 1.807) is 0 Å². The van der Waals surface area contributed by atoms with Gasteiger partial charge in [-0.15, -0.1) is 0 Å². The molecular formula is C16H25BrN2. The molecule has 2 N–H and O–H groups in total. The van der Waals surface area contributed by atoms with Gasteiger partial charge in [-0.1, -0.05) is 35.8 Å². The normalized spacial score (nSPS) is 19.9. The molecule has 2 rings (SSSR count). The van der Waals surface area contributed by atoms with E-state index in [-0.39, 0.29) is 5.41 Å². The first kappa shape index (κ1) is 15.0. The Bertz CT molecular complexity index is 423. The zero-order valence-electron chi connectivity index (χ0n) is 12.2. The molecule has 0 radical (unpaired) electrons. The summed E-state index contributed by atoms with van der Waals surface area (Å²) in [6, 6.07) is 7.23. The summed E-state index contributed by atoms with van der Waals surface area (Å²) >= 11 is 3.58. The topological polar surface area (TPSA) is 24.1 Å². The van der Waals surface area contributed by atoms with Crippen LogP contribution in [0.4, 0.5) is 0 Å². The molecule has 0 aromatic heterocycles. The highest BCUT2D eigenvalue weighted by Crippen LogP contribution is 2.28. The van der Waals surface area contributed by atoms with Crippen molar-refractivity contribution in [3.05, 3.63) is 33.8 Å². The van der Waals surface area contributed by atoms with Crippen LogP contribution in [-0.4, -0.2) is 25.7 Å². The van der Waals surface area contributed by atoms with Crippen molar-refractivity contribution in [2.24, 2.45) is 0 Å². The number of aryl methyl sites for hydroxylation is 1. The van der Waals surface area contributed by atoms with Gasteiger partial charge in [0.1, 0.15) is 0 Å². The first-order valence-electron chi connectivity index (χ1n) is 7.20. The van der Waals surface area contributed by atoms with Gasteiger partial charge < -0.3 is 10.6 Å². The smallest absolute Gasteiger partial charge is 0.0192 e. The van der Waals surface area contributed by atoms with Crippen LogP contribution in [0.2, 0.25) is 0 Å². The highest BCUT2D eigenvalue weighted by molar-refractivity contribution is 9.10. The van der Waals surface area contributed by atoms with Crippen LogP contribution in [0.1, 0.15) is 37.8 Å². The van der Waals surface area contributed by atoms with Gasteiger partial charge >= 0.3 is 0 Å². The van der Waals surface area contributed by atoms with Crippen LogP contribution >= 0.6 is 15.9 Å². The molecular weight excluding hydrogens is 300 g/mol. The van der Waals surface area contributed by atoms with E-state index >= 15 is 0 Å². The minimum absolute atomic E-state index is 0.159. The third kappa shape index (κ3) is 4.04. The molecule has 1 aromatic carbocycles. The second kappa shape index (κ2) is 6.38. The first-order chi connectivity index (χ1) is 8.99. The summed E-state index contributed by atoms with van der Waals surface area (Å²) < 4.78 is 1.17. The lowest BCUT2D eigenvalue weighted by Gasteiger charge is -2.28. The molecule has 0 amide bonds. The molecule has 0 saturated carbocycles. The minimum Gasteiger partial charge on any atom is -0.314 e. The maximum absolute atomic E-state index is 3.63. The largest absolute Gasteiger partial charge is 0.314 e. The van der Waals surface area contributed by atoms with Crippen LogP contribution in [-0.2, 0) is 5.41 Å². The number of benzene rings is 1. The molecule has 0 spiro atoms.